The molecule has 1 aromatic rings. The molecule has 23 nitrogen and oxygen atoms in total. The van der Waals surface area contributed by atoms with Crippen molar-refractivity contribution in [2.75, 3.05) is 31.1 Å². The van der Waals surface area contributed by atoms with Crippen LogP contribution >= 0.6 is 11.8 Å². The van der Waals surface area contributed by atoms with E-state index < -0.39 is 133 Å². The smallest absolute Gasteiger partial charge is 0.245 e. The summed E-state index contributed by atoms with van der Waals surface area (Å²) in [6.45, 7) is 7.92. The lowest BCUT2D eigenvalue weighted by atomic mass is 9.96. The molecular weight excluding hydrogens is 919 g/mol. The molecule has 0 unspecified atom stereocenters. The van der Waals surface area contributed by atoms with Gasteiger partial charge in [0.25, 0.3) is 0 Å². The van der Waals surface area contributed by atoms with Crippen molar-refractivity contribution in [3.63, 3.8) is 0 Å². The van der Waals surface area contributed by atoms with Crippen LogP contribution in [0.2, 0.25) is 0 Å². The molecule has 384 valence electrons. The van der Waals surface area contributed by atoms with Crippen molar-refractivity contribution < 1.29 is 57.8 Å². The van der Waals surface area contributed by atoms with Gasteiger partial charge in [-0.05, 0) is 61.0 Å². The van der Waals surface area contributed by atoms with E-state index in [0.717, 1.165) is 0 Å². The van der Waals surface area contributed by atoms with Crippen molar-refractivity contribution in [1.29, 1.82) is 0 Å². The molecule has 14 N–H and O–H groups in total. The lowest BCUT2D eigenvalue weighted by molar-refractivity contribution is -0.141. The van der Waals surface area contributed by atoms with Gasteiger partial charge in [0.2, 0.25) is 65.0 Å². The molecule has 2 rings (SSSR count). The molecule has 0 radical (unpaired) electrons. The van der Waals surface area contributed by atoms with Crippen molar-refractivity contribution in [2.45, 2.75) is 135 Å². The fourth-order valence-electron chi connectivity index (χ4n) is 7.05. The maximum Gasteiger partial charge on any atom is 0.245 e. The molecule has 7 atom stereocenters. The van der Waals surface area contributed by atoms with Crippen LogP contribution in [0, 0.1) is 11.8 Å². The highest BCUT2D eigenvalue weighted by Gasteiger charge is 2.36. The Bertz CT molecular complexity index is 1970. The molecule has 1 aliphatic rings. The fourth-order valence-corrected chi connectivity index (χ4v) is 7.98. The van der Waals surface area contributed by atoms with Gasteiger partial charge in [-0.2, -0.15) is 11.8 Å². The molecule has 1 heterocycles. The highest BCUT2D eigenvalue weighted by atomic mass is 32.2. The van der Waals surface area contributed by atoms with Gasteiger partial charge in [0.15, 0.2) is 0 Å². The molecule has 0 saturated carbocycles. The Morgan fingerprint density at radius 3 is 2.03 bits per heavy atom. The SMILES string of the molecule is CCCCN(CC(=O)N[C@@H](CC(C)C)C(=O)NCC(N)=O)C(=O)[C@@H]1CCSCCC(=O)N[C@@H](Cc2ccc(O)cc2)C(=O)N[C@@H]([C@@H](C)CC)C(=O)N[C@@H](CCC(N)=O)C(=O)N[C@@H](CC(N)=O)C(=O)N1. The Kier molecular flexibility index (Phi) is 25.6. The number of primary amides is 3. The molecule has 11 amide bonds. The van der Waals surface area contributed by atoms with Crippen LogP contribution in [0.15, 0.2) is 24.3 Å². The molecule has 1 aliphatic heterocycles. The first-order valence-electron chi connectivity index (χ1n) is 23.1. The van der Waals surface area contributed by atoms with E-state index in [9.17, 15) is 57.8 Å². The quantitative estimate of drug-likeness (QED) is 0.0626. The monoisotopic (exact) mass is 990 g/mol. The van der Waals surface area contributed by atoms with Crippen molar-refractivity contribution in [1.82, 2.24) is 42.1 Å². The van der Waals surface area contributed by atoms with E-state index in [4.69, 9.17) is 17.2 Å². The van der Waals surface area contributed by atoms with Gasteiger partial charge in [0.1, 0.15) is 42.0 Å². The molecular formula is C45H71N11O12S. The normalized spacial score (nSPS) is 20.9. The Hall–Kier alpha value is -6.46. The molecule has 0 aromatic heterocycles. The van der Waals surface area contributed by atoms with Crippen LogP contribution < -0.4 is 54.4 Å². The van der Waals surface area contributed by atoms with E-state index in [1.807, 2.05) is 20.8 Å². The van der Waals surface area contributed by atoms with Crippen LogP contribution in [0.25, 0.3) is 0 Å². The second kappa shape index (κ2) is 30.1. The summed E-state index contributed by atoms with van der Waals surface area (Å²) >= 11 is 1.23. The van der Waals surface area contributed by atoms with E-state index >= 15 is 0 Å². The number of thioether (sulfide) groups is 1. The number of phenols is 1. The largest absolute Gasteiger partial charge is 0.508 e. The highest BCUT2D eigenvalue weighted by Crippen LogP contribution is 2.16. The topological polar surface area (TPSA) is 374 Å². The third-order valence-electron chi connectivity index (χ3n) is 11.0. The maximum atomic E-state index is 14.5. The number of unbranched alkanes of at least 4 members (excludes halogenated alkanes) is 1. The molecule has 1 aromatic carbocycles. The van der Waals surface area contributed by atoms with E-state index in [1.54, 1.807) is 26.0 Å². The number of nitrogens with one attached hydrogen (secondary N) is 7. The van der Waals surface area contributed by atoms with E-state index in [2.05, 4.69) is 37.2 Å². The standard InChI is InChI=1S/C45H71N11O12S/c1-6-8-17-56(24-38(62)51-31(20-25(3)4)40(63)49-23-36(48)60)45(68)30-15-18-69-19-16-37(61)50-32(21-27-9-11-28(57)12-10-27)43(66)55-39(26(5)7-2)44(67)52-29(13-14-34(46)58)41(64)54-33(22-35(47)59)42(65)53-30/h9-12,25-26,29-33,39,57H,6-8,13-24H2,1-5H3,(H2,46,58)(H2,47,59)(H2,48,60)(H,49,63)(H,50,61)(H,51,62)(H,52,67)(H,53,65)(H,54,64)(H,55,66)/t26-,29-,30-,31-,32-,33-,39-/m0/s1. The zero-order chi connectivity index (χ0) is 51.8. The number of aromatic hydroxyl groups is 1. The zero-order valence-electron chi connectivity index (χ0n) is 40.1. The van der Waals surface area contributed by atoms with Crippen molar-refractivity contribution in [3.8, 4) is 5.75 Å². The summed E-state index contributed by atoms with van der Waals surface area (Å²) < 4.78 is 0. The minimum Gasteiger partial charge on any atom is -0.508 e. The zero-order valence-corrected chi connectivity index (χ0v) is 40.9. The summed E-state index contributed by atoms with van der Waals surface area (Å²) in [5, 5.41) is 27.8. The van der Waals surface area contributed by atoms with Crippen molar-refractivity contribution >= 4 is 76.7 Å². The van der Waals surface area contributed by atoms with Gasteiger partial charge in [-0.3, -0.25) is 52.7 Å². The number of amides is 11. The fraction of sp³-hybridized carbons (Fsp3) is 0.622. The number of hydrogen-bond donors (Lipinski definition) is 11. The minimum absolute atomic E-state index is 0.0246. The van der Waals surface area contributed by atoms with Crippen molar-refractivity contribution in [3.05, 3.63) is 29.8 Å². The summed E-state index contributed by atoms with van der Waals surface area (Å²) in [6, 6.07) is -2.33. The first-order valence-corrected chi connectivity index (χ1v) is 24.3. The number of carbonyl (C=O) groups excluding carboxylic acids is 11. The average Bonchev–Trinajstić information content (AvgIpc) is 3.28. The lowest BCUT2D eigenvalue weighted by Crippen LogP contribution is -2.61. The maximum absolute atomic E-state index is 14.5. The van der Waals surface area contributed by atoms with Crippen LogP contribution in [0.4, 0.5) is 0 Å². The number of nitrogens with zero attached hydrogens (tertiary/aromatic N) is 1. The molecule has 0 aliphatic carbocycles. The predicted octanol–water partition coefficient (Wildman–Crippen LogP) is -2.17. The molecule has 0 spiro atoms. The van der Waals surface area contributed by atoms with Gasteiger partial charge in [-0.15, -0.1) is 0 Å². The van der Waals surface area contributed by atoms with Crippen LogP contribution in [0.3, 0.4) is 0 Å². The summed E-state index contributed by atoms with van der Waals surface area (Å²) in [7, 11) is 0. The van der Waals surface area contributed by atoms with Gasteiger partial charge in [-0.25, -0.2) is 0 Å². The van der Waals surface area contributed by atoms with Crippen LogP contribution in [-0.2, 0) is 59.2 Å². The Labute approximate surface area is 406 Å². The molecule has 1 fully saturated rings. The lowest BCUT2D eigenvalue weighted by Gasteiger charge is -2.30. The van der Waals surface area contributed by atoms with Gasteiger partial charge < -0.3 is 64.4 Å². The molecule has 69 heavy (non-hydrogen) atoms. The van der Waals surface area contributed by atoms with E-state index in [-0.39, 0.29) is 61.8 Å². The summed E-state index contributed by atoms with van der Waals surface area (Å²) in [5.41, 5.74) is 16.7. The number of hydrogen-bond acceptors (Lipinski definition) is 13. The van der Waals surface area contributed by atoms with Gasteiger partial charge in [0, 0.05) is 31.6 Å². The van der Waals surface area contributed by atoms with Crippen LogP contribution in [0.1, 0.15) is 98.0 Å². The number of phenolic OH excluding ortho intramolecular Hbond substituents is 1. The molecule has 1 saturated heterocycles. The highest BCUT2D eigenvalue weighted by molar-refractivity contribution is 7.99. The second-order valence-corrected chi connectivity index (χ2v) is 18.6. The Balaban J connectivity index is 2.63. The second-order valence-electron chi connectivity index (χ2n) is 17.4. The first-order chi connectivity index (χ1) is 32.5. The van der Waals surface area contributed by atoms with Crippen molar-refractivity contribution in [2.24, 2.45) is 29.0 Å². The molecule has 0 bridgehead atoms. The van der Waals surface area contributed by atoms with E-state index in [0.29, 0.717) is 24.8 Å². The average molecular weight is 990 g/mol. The third kappa shape index (κ3) is 22.0. The summed E-state index contributed by atoms with van der Waals surface area (Å²) in [4.78, 5) is 147. The predicted molar refractivity (Wildman–Crippen MR) is 255 cm³/mol. The summed E-state index contributed by atoms with van der Waals surface area (Å²) in [5.74, 6) is -9.32. The number of rotatable bonds is 21. The first kappa shape index (κ1) is 58.7. The Morgan fingerprint density at radius 1 is 0.797 bits per heavy atom. The van der Waals surface area contributed by atoms with E-state index in [1.165, 1.54) is 28.8 Å². The third-order valence-corrected chi connectivity index (χ3v) is 12.1. The van der Waals surface area contributed by atoms with Crippen LogP contribution in [0.5, 0.6) is 5.75 Å². The number of carbonyl (C=O) groups is 11. The van der Waals surface area contributed by atoms with Gasteiger partial charge in [0.05, 0.1) is 19.5 Å². The minimum atomic E-state index is -1.73. The van der Waals surface area contributed by atoms with Gasteiger partial charge in [-0.1, -0.05) is 59.6 Å². The summed E-state index contributed by atoms with van der Waals surface area (Å²) in [6.07, 6.45) is -0.270. The Morgan fingerprint density at radius 2 is 1.43 bits per heavy atom. The number of benzene rings is 1. The van der Waals surface area contributed by atoms with Crippen LogP contribution in [-0.4, -0.2) is 142 Å². The molecule has 24 heteroatoms. The number of nitrogens with two attached hydrogens (primary N) is 3. The van der Waals surface area contributed by atoms with Gasteiger partial charge >= 0.3 is 0 Å².